The minimum atomic E-state index is -0.492. The third kappa shape index (κ3) is 3.96. The van der Waals surface area contributed by atoms with E-state index >= 15 is 0 Å². The van der Waals surface area contributed by atoms with E-state index in [-0.39, 0.29) is 5.43 Å². The third-order valence-electron chi connectivity index (χ3n) is 5.76. The summed E-state index contributed by atoms with van der Waals surface area (Å²) in [6, 6.07) is 15.8. The molecule has 0 aliphatic carbocycles. The smallest absolute Gasteiger partial charge is 0.344 e. The highest BCUT2D eigenvalue weighted by Crippen LogP contribution is 2.36. The van der Waals surface area contributed by atoms with Crippen LogP contribution in [0.2, 0.25) is 0 Å². The van der Waals surface area contributed by atoms with Crippen LogP contribution in [-0.4, -0.2) is 19.2 Å². The molecule has 1 aromatic heterocycles. The van der Waals surface area contributed by atoms with Crippen LogP contribution in [0.15, 0.2) is 68.3 Å². The fourth-order valence-corrected chi connectivity index (χ4v) is 4.51. The van der Waals surface area contributed by atoms with E-state index in [1.165, 1.54) is 0 Å². The Morgan fingerprint density at radius 3 is 2.56 bits per heavy atom. The second kappa shape index (κ2) is 8.99. The van der Waals surface area contributed by atoms with Crippen molar-refractivity contribution < 1.29 is 23.4 Å². The van der Waals surface area contributed by atoms with Crippen LogP contribution in [0.25, 0.3) is 22.1 Å². The van der Waals surface area contributed by atoms with Gasteiger partial charge in [-0.2, -0.15) is 0 Å². The summed E-state index contributed by atoms with van der Waals surface area (Å²) in [5, 5.41) is 0.424. The van der Waals surface area contributed by atoms with Gasteiger partial charge < -0.3 is 18.6 Å². The minimum absolute atomic E-state index is 0.159. The van der Waals surface area contributed by atoms with Crippen molar-refractivity contribution in [3.8, 4) is 28.4 Å². The molecule has 4 aromatic rings. The van der Waals surface area contributed by atoms with Gasteiger partial charge in [0.05, 0.1) is 16.5 Å². The largest absolute Gasteiger partial charge is 0.486 e. The molecule has 0 fully saturated rings. The van der Waals surface area contributed by atoms with Gasteiger partial charge in [0.25, 0.3) is 0 Å². The highest BCUT2D eigenvalue weighted by atomic mass is 79.9. The third-order valence-corrected chi connectivity index (χ3v) is 6.45. The van der Waals surface area contributed by atoms with Gasteiger partial charge in [-0.05, 0) is 70.7 Å². The topological polar surface area (TPSA) is 75.0 Å². The molecule has 0 N–H and O–H groups in total. The predicted molar refractivity (Wildman–Crippen MR) is 132 cm³/mol. The molecule has 1 aliphatic heterocycles. The first-order valence-corrected chi connectivity index (χ1v) is 11.7. The lowest BCUT2D eigenvalue weighted by Crippen LogP contribution is -2.15. The number of carbonyl (C=O) groups is 1. The van der Waals surface area contributed by atoms with Gasteiger partial charge in [-0.25, -0.2) is 4.79 Å². The number of ether oxygens (including phenoxy) is 3. The van der Waals surface area contributed by atoms with E-state index in [0.29, 0.717) is 74.8 Å². The van der Waals surface area contributed by atoms with E-state index in [0.717, 1.165) is 5.56 Å². The summed E-state index contributed by atoms with van der Waals surface area (Å²) in [4.78, 5) is 26.3. The molecule has 5 rings (SSSR count). The van der Waals surface area contributed by atoms with E-state index in [1.807, 2.05) is 19.1 Å². The van der Waals surface area contributed by atoms with Gasteiger partial charge in [0.15, 0.2) is 11.5 Å². The van der Waals surface area contributed by atoms with Crippen molar-refractivity contribution in [3.05, 3.63) is 86.2 Å². The Hall–Kier alpha value is -3.58. The van der Waals surface area contributed by atoms with E-state index < -0.39 is 5.97 Å². The van der Waals surface area contributed by atoms with Crippen molar-refractivity contribution >= 4 is 32.9 Å². The molecule has 0 saturated heterocycles. The van der Waals surface area contributed by atoms with Crippen molar-refractivity contribution in [2.75, 3.05) is 13.2 Å². The van der Waals surface area contributed by atoms with E-state index in [9.17, 15) is 9.59 Å². The second-order valence-electron chi connectivity index (χ2n) is 7.90. The fraction of sp³-hybridized carbons (Fsp3) is 0.185. The molecule has 0 spiro atoms. The molecule has 0 atom stereocenters. The summed E-state index contributed by atoms with van der Waals surface area (Å²) < 4.78 is 23.7. The Kier molecular flexibility index (Phi) is 5.87. The highest BCUT2D eigenvalue weighted by molar-refractivity contribution is 9.10. The average Bonchev–Trinajstić information content (AvgIpc) is 2.84. The summed E-state index contributed by atoms with van der Waals surface area (Å²) >= 11 is 3.38. The molecule has 34 heavy (non-hydrogen) atoms. The molecule has 3 aromatic carbocycles. The van der Waals surface area contributed by atoms with E-state index in [4.69, 9.17) is 18.6 Å². The number of rotatable bonds is 4. The molecule has 0 radical (unpaired) electrons. The van der Waals surface area contributed by atoms with E-state index in [1.54, 1.807) is 49.4 Å². The first-order valence-electron chi connectivity index (χ1n) is 10.9. The summed E-state index contributed by atoms with van der Waals surface area (Å²) in [5.74, 6) is 1.59. The van der Waals surface area contributed by atoms with Crippen molar-refractivity contribution in [1.82, 2.24) is 0 Å². The Labute approximate surface area is 204 Å². The highest BCUT2D eigenvalue weighted by Gasteiger charge is 2.20. The molecule has 6 nitrogen and oxygen atoms in total. The zero-order valence-corrected chi connectivity index (χ0v) is 20.2. The second-order valence-corrected chi connectivity index (χ2v) is 8.75. The summed E-state index contributed by atoms with van der Waals surface area (Å²) in [6.45, 7) is 4.64. The monoisotopic (exact) mass is 520 g/mol. The SMILES string of the molecule is CCc1cc2c(=O)c(-c3ccc4c(c3)OCCO4)c(C)oc2cc1OC(=O)c1ccccc1Br. The van der Waals surface area contributed by atoms with Crippen LogP contribution in [0, 0.1) is 6.92 Å². The van der Waals surface area contributed by atoms with Crippen LogP contribution in [0.5, 0.6) is 17.2 Å². The summed E-state index contributed by atoms with van der Waals surface area (Å²) in [6.07, 6.45) is 0.571. The summed E-state index contributed by atoms with van der Waals surface area (Å²) in [7, 11) is 0. The van der Waals surface area contributed by atoms with E-state index in [2.05, 4.69) is 15.9 Å². The normalized spacial score (nSPS) is 12.6. The zero-order valence-electron chi connectivity index (χ0n) is 18.6. The first-order chi connectivity index (χ1) is 16.5. The lowest BCUT2D eigenvalue weighted by Gasteiger charge is -2.19. The maximum Gasteiger partial charge on any atom is 0.344 e. The molecule has 0 amide bonds. The van der Waals surface area contributed by atoms with Crippen molar-refractivity contribution in [2.45, 2.75) is 20.3 Å². The van der Waals surface area contributed by atoms with Crippen molar-refractivity contribution in [1.29, 1.82) is 0 Å². The van der Waals surface area contributed by atoms with Gasteiger partial charge in [-0.3, -0.25) is 4.79 Å². The molecular weight excluding hydrogens is 500 g/mol. The Morgan fingerprint density at radius 2 is 1.79 bits per heavy atom. The number of hydrogen-bond donors (Lipinski definition) is 0. The molecule has 2 heterocycles. The molecule has 0 saturated carbocycles. The van der Waals surface area contributed by atoms with Gasteiger partial charge >= 0.3 is 5.97 Å². The number of halogens is 1. The fourth-order valence-electron chi connectivity index (χ4n) is 4.06. The quantitative estimate of drug-likeness (QED) is 0.239. The minimum Gasteiger partial charge on any atom is -0.486 e. The maximum atomic E-state index is 13.5. The molecule has 1 aliphatic rings. The van der Waals surface area contributed by atoms with Gasteiger partial charge in [-0.15, -0.1) is 0 Å². The summed E-state index contributed by atoms with van der Waals surface area (Å²) in [5.41, 5.74) is 2.50. The average molecular weight is 521 g/mol. The van der Waals surface area contributed by atoms with Gasteiger partial charge in [0, 0.05) is 10.5 Å². The number of esters is 1. The molecule has 172 valence electrons. The molecule has 0 unspecified atom stereocenters. The van der Waals surface area contributed by atoms with Crippen LogP contribution >= 0.6 is 15.9 Å². The van der Waals surface area contributed by atoms with Gasteiger partial charge in [0.1, 0.15) is 30.3 Å². The number of fused-ring (bicyclic) bond motifs is 2. The number of aryl methyl sites for hydroxylation is 2. The Bertz CT molecular complexity index is 1490. The lowest BCUT2D eigenvalue weighted by molar-refractivity contribution is 0.0732. The lowest BCUT2D eigenvalue weighted by atomic mass is 10.00. The molecule has 0 bridgehead atoms. The number of benzene rings is 3. The van der Waals surface area contributed by atoms with Crippen molar-refractivity contribution in [2.24, 2.45) is 0 Å². The maximum absolute atomic E-state index is 13.5. The first kappa shape index (κ1) is 22.2. The standard InChI is InChI=1S/C27H21BrO6/c1-3-16-12-19-23(14-22(16)34-27(30)18-6-4-5-7-20(18)28)33-15(2)25(26(19)29)17-8-9-21-24(13-17)32-11-10-31-21/h4-9,12-14H,3,10-11H2,1-2H3. The van der Waals surface area contributed by atoms with Crippen LogP contribution < -0.4 is 19.6 Å². The number of hydrogen-bond acceptors (Lipinski definition) is 6. The molecular formula is C27H21BrO6. The van der Waals surface area contributed by atoms with Crippen molar-refractivity contribution in [3.63, 3.8) is 0 Å². The van der Waals surface area contributed by atoms with Gasteiger partial charge in [0.2, 0.25) is 5.43 Å². The van der Waals surface area contributed by atoms with Gasteiger partial charge in [-0.1, -0.05) is 25.1 Å². The van der Waals surface area contributed by atoms with Crippen LogP contribution in [0.1, 0.15) is 28.6 Å². The predicted octanol–water partition coefficient (Wildman–Crippen LogP) is 6.08. The Morgan fingerprint density at radius 1 is 1.03 bits per heavy atom. The Balaban J connectivity index is 1.59. The van der Waals surface area contributed by atoms with Crippen LogP contribution in [-0.2, 0) is 6.42 Å². The molecule has 7 heteroatoms. The zero-order chi connectivity index (χ0) is 23.8. The van der Waals surface area contributed by atoms with Crippen LogP contribution in [0.3, 0.4) is 0 Å². The number of carbonyl (C=O) groups excluding carboxylic acids is 1. The van der Waals surface area contributed by atoms with Crippen LogP contribution in [0.4, 0.5) is 0 Å².